The van der Waals surface area contributed by atoms with Crippen LogP contribution in [0.4, 0.5) is 21.8 Å². The molecule has 4 aromatic rings. The van der Waals surface area contributed by atoms with E-state index in [-0.39, 0.29) is 51.5 Å². The number of carbonyl (C=O) groups is 4. The van der Waals surface area contributed by atoms with Gasteiger partial charge in [0.15, 0.2) is 5.67 Å². The van der Waals surface area contributed by atoms with Crippen molar-refractivity contribution in [1.82, 2.24) is 40.3 Å². The Balaban J connectivity index is 0.749. The van der Waals surface area contributed by atoms with E-state index in [0.29, 0.717) is 104 Å². The molecule has 2 aromatic heterocycles. The van der Waals surface area contributed by atoms with Crippen LogP contribution in [0.3, 0.4) is 0 Å². The number of amides is 4. The number of aryl methyl sites for hydroxylation is 1. The number of nitrogens with zero attached hydrogens (tertiary/aromatic N) is 6. The third kappa shape index (κ3) is 16.4. The number of β-amino-alcohol motifs (C(OH)–C–C–N with tert-alkyl or cyclic N) is 1. The highest BCUT2D eigenvalue weighted by molar-refractivity contribution is 7.13. The predicted octanol–water partition coefficient (Wildman–Crippen LogP) is 4.87. The molecule has 2 aliphatic heterocycles. The Kier molecular flexibility index (Phi) is 21.2. The number of hydrogen-bond donors (Lipinski definition) is 5. The van der Waals surface area contributed by atoms with E-state index in [4.69, 9.17) is 40.0 Å². The predicted molar refractivity (Wildman–Crippen MR) is 289 cm³/mol. The second-order valence-electron chi connectivity index (χ2n) is 20.1. The number of nitrogens with one attached hydrogen (secondary N) is 4. The normalized spacial score (nSPS) is 17.7. The monoisotopic (exact) mass is 1110 g/mol. The van der Waals surface area contributed by atoms with Crippen LogP contribution in [0.2, 0.25) is 5.02 Å². The van der Waals surface area contributed by atoms with Crippen LogP contribution in [0.15, 0.2) is 48.1 Å². The number of aromatic nitrogens is 3. The number of halogens is 2. The van der Waals surface area contributed by atoms with Gasteiger partial charge in [0.25, 0.3) is 11.8 Å². The van der Waals surface area contributed by atoms with Crippen molar-refractivity contribution in [1.29, 1.82) is 0 Å². The van der Waals surface area contributed by atoms with E-state index in [1.807, 2.05) is 30.0 Å². The van der Waals surface area contributed by atoms with Crippen molar-refractivity contribution in [3.05, 3.63) is 69.9 Å². The maximum Gasteiger partial charge on any atom is 0.258 e. The number of thiazole rings is 1. The first-order valence-corrected chi connectivity index (χ1v) is 27.1. The van der Waals surface area contributed by atoms with Crippen molar-refractivity contribution in [3.8, 4) is 21.9 Å². The number of rotatable bonds is 28. The van der Waals surface area contributed by atoms with Crippen LogP contribution in [0.1, 0.15) is 61.6 Å². The average molecular weight is 1110 g/mol. The van der Waals surface area contributed by atoms with Crippen molar-refractivity contribution in [2.75, 3.05) is 124 Å². The number of methoxy groups -OCH3 is 1. The summed E-state index contributed by atoms with van der Waals surface area (Å²) in [4.78, 5) is 73.1. The summed E-state index contributed by atoms with van der Waals surface area (Å²) in [5, 5.41) is 22.6. The highest BCUT2D eigenvalue weighted by atomic mass is 35.5. The van der Waals surface area contributed by atoms with Crippen LogP contribution >= 0.6 is 22.9 Å². The third-order valence-electron chi connectivity index (χ3n) is 13.4. The van der Waals surface area contributed by atoms with E-state index in [1.54, 1.807) is 58.6 Å². The first-order valence-electron chi connectivity index (χ1n) is 25.9. The Labute approximate surface area is 457 Å². The van der Waals surface area contributed by atoms with Gasteiger partial charge in [0, 0.05) is 70.4 Å². The number of anilines is 3. The minimum atomic E-state index is -1.98. The average Bonchev–Trinajstić information content (AvgIpc) is 3.84. The summed E-state index contributed by atoms with van der Waals surface area (Å²) in [6.07, 6.45) is 0.757. The molecule has 24 heteroatoms. The molecular formula is C53H72ClFN10O11S. The number of likely N-dealkylation sites (tertiary alicyclic amines) is 1. The number of carbonyl (C=O) groups excluding carboxylic acids is 4. The molecule has 0 unspecified atom stereocenters. The molecule has 4 heterocycles. The summed E-state index contributed by atoms with van der Waals surface area (Å²) in [7, 11) is 3.26. The van der Waals surface area contributed by atoms with Crippen LogP contribution < -0.4 is 30.7 Å². The molecule has 0 spiro atoms. The van der Waals surface area contributed by atoms with Gasteiger partial charge >= 0.3 is 0 Å². The first-order chi connectivity index (χ1) is 37.0. The number of aliphatic hydroxyl groups is 1. The quantitative estimate of drug-likeness (QED) is 0.0477. The Morgan fingerprint density at radius 2 is 1.58 bits per heavy atom. The van der Waals surface area contributed by atoms with E-state index in [2.05, 4.69) is 41.1 Å². The van der Waals surface area contributed by atoms with E-state index in [9.17, 15) is 28.7 Å². The van der Waals surface area contributed by atoms with Gasteiger partial charge in [-0.3, -0.25) is 24.1 Å². The first kappa shape index (κ1) is 58.9. The minimum absolute atomic E-state index is 0.0119. The van der Waals surface area contributed by atoms with Gasteiger partial charge in [-0.1, -0.05) is 44.5 Å². The van der Waals surface area contributed by atoms with Crippen LogP contribution in [0.5, 0.6) is 11.5 Å². The number of aliphatic hydroxyl groups excluding tert-OH is 1. The zero-order valence-corrected chi connectivity index (χ0v) is 46.2. The van der Waals surface area contributed by atoms with Crippen LogP contribution in [0.25, 0.3) is 10.4 Å². The minimum Gasteiger partial charge on any atom is -0.495 e. The highest BCUT2D eigenvalue weighted by Crippen LogP contribution is 2.41. The van der Waals surface area contributed by atoms with E-state index < -0.39 is 47.0 Å². The molecule has 7 rings (SSSR count). The largest absolute Gasteiger partial charge is 0.495 e. The molecule has 2 saturated heterocycles. The third-order valence-corrected chi connectivity index (χ3v) is 14.6. The second kappa shape index (κ2) is 27.7. The summed E-state index contributed by atoms with van der Waals surface area (Å²) in [5.41, 5.74) is 2.60. The Morgan fingerprint density at radius 3 is 2.21 bits per heavy atom. The van der Waals surface area contributed by atoms with E-state index >= 15 is 0 Å². The molecule has 0 radical (unpaired) electrons. The van der Waals surface area contributed by atoms with Crippen molar-refractivity contribution in [3.63, 3.8) is 0 Å². The Morgan fingerprint density at radius 1 is 0.909 bits per heavy atom. The summed E-state index contributed by atoms with van der Waals surface area (Å²) < 4.78 is 49.4. The number of ether oxygens (including phenoxy) is 6. The molecule has 4 amide bonds. The van der Waals surface area contributed by atoms with Crippen molar-refractivity contribution >= 4 is 64.0 Å². The Bertz CT molecular complexity index is 2630. The number of piperazine rings is 1. The van der Waals surface area contributed by atoms with Gasteiger partial charge in [-0.25, -0.2) is 14.4 Å². The lowest BCUT2D eigenvalue weighted by molar-refractivity contribution is -0.145. The second-order valence-corrected chi connectivity index (χ2v) is 21.3. The van der Waals surface area contributed by atoms with Gasteiger partial charge in [-0.15, -0.1) is 11.3 Å². The van der Waals surface area contributed by atoms with Crippen molar-refractivity contribution in [2.24, 2.45) is 5.41 Å². The van der Waals surface area contributed by atoms with E-state index in [1.165, 1.54) is 22.4 Å². The zero-order chi connectivity index (χ0) is 55.1. The lowest BCUT2D eigenvalue weighted by Crippen LogP contribution is -2.59. The maximum atomic E-state index is 14.6. The van der Waals surface area contributed by atoms with Crippen LogP contribution in [0, 0.1) is 12.3 Å². The molecule has 3 atom stereocenters. The number of hydrogen-bond acceptors (Lipinski definition) is 18. The van der Waals surface area contributed by atoms with Crippen LogP contribution in [-0.4, -0.2) is 195 Å². The molecule has 2 aromatic carbocycles. The summed E-state index contributed by atoms with van der Waals surface area (Å²) in [6.45, 7) is 14.0. The Hall–Kier alpha value is -5.79. The topological polar surface area (TPSA) is 240 Å². The van der Waals surface area contributed by atoms with Gasteiger partial charge in [0.2, 0.25) is 17.8 Å². The molecule has 420 valence electrons. The molecule has 21 nitrogen and oxygen atoms in total. The standard InChI is InChI=1S/C53H72ClFN10O11S/c1-34-44(77-33-59-34)35-7-8-37(30-57-47(67)41-29-38(66)32-65(41)49(69)45(52(2,3)4)61-50(70)53(55)11-12-53)42(27-35)76-26-25-75-24-23-74-22-21-73-20-19-72-18-17-63-13-15-64(16-14-63)48(68)36-9-10-40(43(28-36)71-6)60-51-58-31-39(54)46(56-5)62-51/h7-10,27-28,31,33,38,41,45,66H,11-26,29-30,32H2,1-6H3,(H,57,67)(H,61,70)(H2,56,58,60,62)/t38-,41-,45-/m1/s1. The smallest absolute Gasteiger partial charge is 0.258 e. The lowest BCUT2D eigenvalue weighted by atomic mass is 9.85. The molecule has 3 fully saturated rings. The van der Waals surface area contributed by atoms with Crippen molar-refractivity contribution < 1.29 is 57.1 Å². The number of benzene rings is 2. The SMILES string of the molecule is CNc1nc(Nc2ccc(C(=O)N3CCN(CCOCCOCCOCCOCCOc4cc(-c5scnc5C)ccc4CNC(=O)[C@H]4C[C@@H](O)CN4C(=O)[C@@H](NC(=O)C4(F)CC4)C(C)(C)C)CC3)cc2OC)ncc1Cl. The lowest BCUT2D eigenvalue weighted by Gasteiger charge is -2.35. The molecule has 5 N–H and O–H groups in total. The molecule has 0 bridgehead atoms. The zero-order valence-electron chi connectivity index (χ0n) is 44.7. The van der Waals surface area contributed by atoms with E-state index in [0.717, 1.165) is 35.8 Å². The molecule has 77 heavy (non-hydrogen) atoms. The van der Waals surface area contributed by atoms with Crippen molar-refractivity contribution in [2.45, 2.75) is 77.4 Å². The van der Waals surface area contributed by atoms with Gasteiger partial charge in [0.05, 0.1) is 94.0 Å². The van der Waals surface area contributed by atoms with Crippen LogP contribution in [-0.2, 0) is 39.9 Å². The fraction of sp³-hybridized carbons (Fsp3) is 0.566. The van der Waals surface area contributed by atoms with Gasteiger partial charge in [-0.2, -0.15) is 4.98 Å². The summed E-state index contributed by atoms with van der Waals surface area (Å²) in [5.74, 6) is -0.0984. The molecule has 1 saturated carbocycles. The summed E-state index contributed by atoms with van der Waals surface area (Å²) in [6, 6.07) is 8.82. The molecule has 3 aliphatic rings. The fourth-order valence-corrected chi connectivity index (χ4v) is 9.73. The molecular weight excluding hydrogens is 1040 g/mol. The maximum absolute atomic E-state index is 14.6. The van der Waals surface area contributed by atoms with Gasteiger partial charge < -0.3 is 64.6 Å². The fourth-order valence-electron chi connectivity index (χ4n) is 8.75. The number of alkyl halides is 1. The summed E-state index contributed by atoms with van der Waals surface area (Å²) >= 11 is 7.62. The molecule has 1 aliphatic carbocycles. The van der Waals surface area contributed by atoms with Gasteiger partial charge in [-0.05, 0) is 55.0 Å². The highest BCUT2D eigenvalue weighted by Gasteiger charge is 2.53. The van der Waals surface area contributed by atoms with Gasteiger partial charge in [0.1, 0.15) is 41.0 Å².